The van der Waals surface area contributed by atoms with Gasteiger partial charge in [-0.3, -0.25) is 9.59 Å². The predicted molar refractivity (Wildman–Crippen MR) is 77.1 cm³/mol. The molecule has 7 N–H and O–H groups in total. The SMILES string of the molecule is NC(=O)c1ccc(NC(=O)c2ccc(N)c(O)c2)c(O)c1. The summed E-state index contributed by atoms with van der Waals surface area (Å²) in [5.41, 5.74) is 11.1. The van der Waals surface area contributed by atoms with Crippen LogP contribution in [0.5, 0.6) is 11.5 Å². The van der Waals surface area contributed by atoms with Gasteiger partial charge in [0.1, 0.15) is 11.5 Å². The summed E-state index contributed by atoms with van der Waals surface area (Å²) < 4.78 is 0. The molecule has 0 radical (unpaired) electrons. The van der Waals surface area contributed by atoms with Crippen LogP contribution in [-0.4, -0.2) is 22.0 Å². The Morgan fingerprint density at radius 3 is 2.14 bits per heavy atom. The smallest absolute Gasteiger partial charge is 0.255 e. The number of hydrogen-bond acceptors (Lipinski definition) is 5. The van der Waals surface area contributed by atoms with E-state index in [-0.39, 0.29) is 34.0 Å². The molecular formula is C14H13N3O4. The zero-order chi connectivity index (χ0) is 15.6. The zero-order valence-corrected chi connectivity index (χ0v) is 10.8. The van der Waals surface area contributed by atoms with Crippen molar-refractivity contribution < 1.29 is 19.8 Å². The van der Waals surface area contributed by atoms with E-state index < -0.39 is 11.8 Å². The van der Waals surface area contributed by atoms with Crippen LogP contribution in [0.3, 0.4) is 0 Å². The lowest BCUT2D eigenvalue weighted by atomic mass is 10.1. The Hall–Kier alpha value is -3.22. The third kappa shape index (κ3) is 3.03. The summed E-state index contributed by atoms with van der Waals surface area (Å²) >= 11 is 0. The molecule has 108 valence electrons. The highest BCUT2D eigenvalue weighted by Gasteiger charge is 2.12. The second-order valence-electron chi connectivity index (χ2n) is 4.32. The van der Waals surface area contributed by atoms with Crippen LogP contribution in [-0.2, 0) is 0 Å². The molecule has 0 aliphatic carbocycles. The average Bonchev–Trinajstić information content (AvgIpc) is 2.43. The van der Waals surface area contributed by atoms with Crippen LogP contribution in [0.25, 0.3) is 0 Å². The van der Waals surface area contributed by atoms with Crippen molar-refractivity contribution in [2.45, 2.75) is 0 Å². The number of nitrogens with two attached hydrogens (primary N) is 2. The minimum atomic E-state index is -0.688. The molecule has 0 atom stereocenters. The maximum atomic E-state index is 12.0. The lowest BCUT2D eigenvalue weighted by molar-refractivity contribution is 0.0998. The number of anilines is 2. The summed E-state index contributed by atoms with van der Waals surface area (Å²) in [5.74, 6) is -1.74. The van der Waals surface area contributed by atoms with Crippen LogP contribution >= 0.6 is 0 Å². The Labute approximate surface area is 119 Å². The van der Waals surface area contributed by atoms with Crippen molar-refractivity contribution in [3.63, 3.8) is 0 Å². The number of primary amides is 1. The molecule has 7 heteroatoms. The summed E-state index contributed by atoms with van der Waals surface area (Å²) in [5, 5.41) is 21.7. The van der Waals surface area contributed by atoms with E-state index in [1.54, 1.807) is 0 Å². The Morgan fingerprint density at radius 1 is 0.952 bits per heavy atom. The second kappa shape index (κ2) is 5.41. The number of benzene rings is 2. The fourth-order valence-corrected chi connectivity index (χ4v) is 1.67. The molecule has 0 saturated carbocycles. The standard InChI is InChI=1S/C14H13N3O4/c15-9-3-1-8(6-11(9)18)14(21)17-10-4-2-7(13(16)20)5-12(10)19/h1-6,18-19H,15H2,(H2,16,20)(H,17,21). The van der Waals surface area contributed by atoms with Crippen molar-refractivity contribution >= 4 is 23.2 Å². The van der Waals surface area contributed by atoms with Gasteiger partial charge in [0.25, 0.3) is 5.91 Å². The molecule has 0 aliphatic rings. The second-order valence-corrected chi connectivity index (χ2v) is 4.32. The normalized spacial score (nSPS) is 10.1. The Morgan fingerprint density at radius 2 is 1.57 bits per heavy atom. The average molecular weight is 287 g/mol. The third-order valence-electron chi connectivity index (χ3n) is 2.82. The van der Waals surface area contributed by atoms with E-state index in [1.165, 1.54) is 30.3 Å². The molecule has 0 heterocycles. The molecule has 2 aromatic carbocycles. The molecule has 0 aromatic heterocycles. The number of nitrogen functional groups attached to an aromatic ring is 1. The van der Waals surface area contributed by atoms with E-state index in [9.17, 15) is 19.8 Å². The number of rotatable bonds is 3. The summed E-state index contributed by atoms with van der Waals surface area (Å²) in [7, 11) is 0. The minimum Gasteiger partial charge on any atom is -0.506 e. The first-order chi connectivity index (χ1) is 9.88. The van der Waals surface area contributed by atoms with Crippen molar-refractivity contribution in [1.82, 2.24) is 0 Å². The maximum Gasteiger partial charge on any atom is 0.255 e. The molecule has 2 aromatic rings. The summed E-state index contributed by atoms with van der Waals surface area (Å²) in [6.07, 6.45) is 0. The first kappa shape index (κ1) is 14.2. The Balaban J connectivity index is 2.23. The first-order valence-electron chi connectivity index (χ1n) is 5.91. The van der Waals surface area contributed by atoms with Gasteiger partial charge in [0.2, 0.25) is 5.91 Å². The quantitative estimate of drug-likeness (QED) is 0.424. The van der Waals surface area contributed by atoms with Crippen LogP contribution in [0.15, 0.2) is 36.4 Å². The number of aromatic hydroxyl groups is 2. The topological polar surface area (TPSA) is 139 Å². The Kier molecular flexibility index (Phi) is 3.66. The highest BCUT2D eigenvalue weighted by atomic mass is 16.3. The monoisotopic (exact) mass is 287 g/mol. The summed E-state index contributed by atoms with van der Waals surface area (Å²) in [6, 6.07) is 7.90. The molecule has 21 heavy (non-hydrogen) atoms. The zero-order valence-electron chi connectivity index (χ0n) is 10.8. The minimum absolute atomic E-state index is 0.112. The van der Waals surface area contributed by atoms with Crippen molar-refractivity contribution in [2.24, 2.45) is 5.73 Å². The summed E-state index contributed by atoms with van der Waals surface area (Å²) in [6.45, 7) is 0. The Bertz CT molecular complexity index is 728. The number of hydrogen-bond donors (Lipinski definition) is 5. The number of nitrogens with one attached hydrogen (secondary N) is 1. The highest BCUT2D eigenvalue weighted by Crippen LogP contribution is 2.26. The lowest BCUT2D eigenvalue weighted by Gasteiger charge is -2.09. The van der Waals surface area contributed by atoms with E-state index >= 15 is 0 Å². The molecular weight excluding hydrogens is 274 g/mol. The number of carbonyl (C=O) groups is 2. The van der Waals surface area contributed by atoms with Crippen LogP contribution in [0.4, 0.5) is 11.4 Å². The molecule has 2 rings (SSSR count). The molecule has 0 unspecified atom stereocenters. The van der Waals surface area contributed by atoms with Crippen molar-refractivity contribution in [2.75, 3.05) is 11.1 Å². The number of amides is 2. The van der Waals surface area contributed by atoms with Gasteiger partial charge in [0.05, 0.1) is 11.4 Å². The largest absolute Gasteiger partial charge is 0.506 e. The molecule has 0 spiro atoms. The van der Waals surface area contributed by atoms with Gasteiger partial charge in [-0.15, -0.1) is 0 Å². The predicted octanol–water partition coefficient (Wildman–Crippen LogP) is 1.03. The summed E-state index contributed by atoms with van der Waals surface area (Å²) in [4.78, 5) is 22.9. The molecule has 0 bridgehead atoms. The van der Waals surface area contributed by atoms with E-state index in [4.69, 9.17) is 11.5 Å². The molecule has 2 amide bonds. The van der Waals surface area contributed by atoms with Crippen molar-refractivity contribution in [1.29, 1.82) is 0 Å². The van der Waals surface area contributed by atoms with Gasteiger partial charge in [-0.25, -0.2) is 0 Å². The maximum absolute atomic E-state index is 12.0. The van der Waals surface area contributed by atoms with Crippen molar-refractivity contribution in [3.8, 4) is 11.5 Å². The number of carbonyl (C=O) groups excluding carboxylic acids is 2. The third-order valence-corrected chi connectivity index (χ3v) is 2.82. The van der Waals surface area contributed by atoms with Gasteiger partial charge in [0, 0.05) is 11.1 Å². The molecule has 0 fully saturated rings. The van der Waals surface area contributed by atoms with Crippen LogP contribution in [0.2, 0.25) is 0 Å². The van der Waals surface area contributed by atoms with E-state index in [1.807, 2.05) is 0 Å². The van der Waals surface area contributed by atoms with Gasteiger partial charge in [-0.05, 0) is 36.4 Å². The lowest BCUT2D eigenvalue weighted by Crippen LogP contribution is -2.13. The molecule has 7 nitrogen and oxygen atoms in total. The molecule has 0 saturated heterocycles. The van der Waals surface area contributed by atoms with Gasteiger partial charge >= 0.3 is 0 Å². The fraction of sp³-hybridized carbons (Fsp3) is 0. The fourth-order valence-electron chi connectivity index (χ4n) is 1.67. The highest BCUT2D eigenvalue weighted by molar-refractivity contribution is 6.06. The van der Waals surface area contributed by atoms with Gasteiger partial charge in [0.15, 0.2) is 0 Å². The van der Waals surface area contributed by atoms with Crippen LogP contribution in [0.1, 0.15) is 20.7 Å². The number of phenolic OH excluding ortho intramolecular Hbond substituents is 2. The van der Waals surface area contributed by atoms with Crippen molar-refractivity contribution in [3.05, 3.63) is 47.5 Å². The van der Waals surface area contributed by atoms with E-state index in [2.05, 4.69) is 5.32 Å². The molecule has 0 aliphatic heterocycles. The van der Waals surface area contributed by atoms with Gasteiger partial charge < -0.3 is 27.0 Å². The van der Waals surface area contributed by atoms with Crippen LogP contribution in [0, 0.1) is 0 Å². The van der Waals surface area contributed by atoms with Gasteiger partial charge in [-0.2, -0.15) is 0 Å². The van der Waals surface area contributed by atoms with E-state index in [0.717, 1.165) is 6.07 Å². The van der Waals surface area contributed by atoms with E-state index in [0.29, 0.717) is 0 Å². The first-order valence-corrected chi connectivity index (χ1v) is 5.91. The number of phenols is 2. The van der Waals surface area contributed by atoms with Crippen LogP contribution < -0.4 is 16.8 Å². The van der Waals surface area contributed by atoms with Gasteiger partial charge in [-0.1, -0.05) is 0 Å².